The van der Waals surface area contributed by atoms with Crippen molar-refractivity contribution in [1.29, 1.82) is 0 Å². The average Bonchev–Trinajstić information content (AvgIpc) is 2.82. The number of hydrogen-bond donors (Lipinski definition) is 1. The summed E-state index contributed by atoms with van der Waals surface area (Å²) in [6.07, 6.45) is 10.2. The van der Waals surface area contributed by atoms with Gasteiger partial charge in [0.2, 0.25) is 0 Å². The van der Waals surface area contributed by atoms with Crippen LogP contribution in [-0.2, 0) is 10.8 Å². The van der Waals surface area contributed by atoms with Gasteiger partial charge in [-0.1, -0.05) is 19.3 Å². The average molecular weight is 243 g/mol. The van der Waals surface area contributed by atoms with Gasteiger partial charge in [-0.25, -0.2) is 0 Å². The van der Waals surface area contributed by atoms with Crippen molar-refractivity contribution in [3.63, 3.8) is 0 Å². The predicted molar refractivity (Wildman–Crippen MR) is 70.1 cm³/mol. The standard InChI is InChI=1S/C13H25NOS/c1-14-12-7-4-8-13(9-12)16(15)10-11-5-2-3-6-11/h11-14H,2-10H2,1H3. The lowest BCUT2D eigenvalue weighted by atomic mass is 9.95. The Morgan fingerprint density at radius 3 is 2.56 bits per heavy atom. The molecule has 0 aliphatic heterocycles. The molecule has 0 spiro atoms. The molecule has 2 rings (SSSR count). The van der Waals surface area contributed by atoms with E-state index < -0.39 is 10.8 Å². The van der Waals surface area contributed by atoms with Gasteiger partial charge in [-0.3, -0.25) is 4.21 Å². The molecule has 0 bridgehead atoms. The van der Waals surface area contributed by atoms with Crippen molar-refractivity contribution in [2.24, 2.45) is 5.92 Å². The SMILES string of the molecule is CNC1CCCC(S(=O)CC2CCCC2)C1. The maximum absolute atomic E-state index is 12.3. The topological polar surface area (TPSA) is 29.1 Å². The summed E-state index contributed by atoms with van der Waals surface area (Å²) in [5, 5.41) is 3.83. The Bertz CT molecular complexity index is 238. The predicted octanol–water partition coefficient (Wildman–Crippen LogP) is 2.46. The van der Waals surface area contributed by atoms with Crippen LogP contribution in [0.3, 0.4) is 0 Å². The van der Waals surface area contributed by atoms with E-state index in [0.717, 1.165) is 18.1 Å². The van der Waals surface area contributed by atoms with Crippen molar-refractivity contribution < 1.29 is 4.21 Å². The summed E-state index contributed by atoms with van der Waals surface area (Å²) in [5.41, 5.74) is 0. The summed E-state index contributed by atoms with van der Waals surface area (Å²) in [5.74, 6) is 1.76. The molecule has 0 aromatic rings. The highest BCUT2D eigenvalue weighted by Crippen LogP contribution is 2.29. The number of rotatable bonds is 4. The molecule has 94 valence electrons. The Balaban J connectivity index is 1.79. The van der Waals surface area contributed by atoms with Crippen LogP contribution in [0.4, 0.5) is 0 Å². The summed E-state index contributed by atoms with van der Waals surface area (Å²) >= 11 is 0. The van der Waals surface area contributed by atoms with E-state index in [2.05, 4.69) is 5.32 Å². The molecular formula is C13H25NOS. The van der Waals surface area contributed by atoms with Crippen LogP contribution in [0, 0.1) is 5.92 Å². The largest absolute Gasteiger partial charge is 0.317 e. The summed E-state index contributed by atoms with van der Waals surface area (Å²) in [6.45, 7) is 0. The second kappa shape index (κ2) is 6.15. The zero-order valence-electron chi connectivity index (χ0n) is 10.4. The first-order valence-corrected chi connectivity index (χ1v) is 8.22. The van der Waals surface area contributed by atoms with Crippen LogP contribution in [0.2, 0.25) is 0 Å². The maximum atomic E-state index is 12.3. The molecule has 2 fully saturated rings. The normalized spacial score (nSPS) is 34.1. The fourth-order valence-electron chi connectivity index (χ4n) is 3.19. The second-order valence-corrected chi connectivity index (χ2v) is 7.23. The molecule has 16 heavy (non-hydrogen) atoms. The summed E-state index contributed by atoms with van der Waals surface area (Å²) in [7, 11) is 1.48. The van der Waals surface area contributed by atoms with Crippen LogP contribution < -0.4 is 5.32 Å². The molecule has 2 nitrogen and oxygen atoms in total. The molecule has 0 aromatic carbocycles. The van der Waals surface area contributed by atoms with Crippen LogP contribution in [-0.4, -0.2) is 28.3 Å². The molecule has 0 amide bonds. The third-order valence-corrected chi connectivity index (χ3v) is 6.25. The van der Waals surface area contributed by atoms with E-state index in [9.17, 15) is 4.21 Å². The van der Waals surface area contributed by atoms with E-state index in [1.165, 1.54) is 44.9 Å². The van der Waals surface area contributed by atoms with Gasteiger partial charge in [0.05, 0.1) is 0 Å². The summed E-state index contributed by atoms with van der Waals surface area (Å²) in [4.78, 5) is 0. The smallest absolute Gasteiger partial charge is 0.0362 e. The van der Waals surface area contributed by atoms with Gasteiger partial charge < -0.3 is 5.32 Å². The van der Waals surface area contributed by atoms with Gasteiger partial charge in [-0.05, 0) is 45.1 Å². The van der Waals surface area contributed by atoms with E-state index in [1.807, 2.05) is 7.05 Å². The molecule has 3 unspecified atom stereocenters. The third-order valence-electron chi connectivity index (χ3n) is 4.28. The molecule has 0 aromatic heterocycles. The molecule has 1 N–H and O–H groups in total. The molecular weight excluding hydrogens is 218 g/mol. The van der Waals surface area contributed by atoms with Crippen LogP contribution >= 0.6 is 0 Å². The lowest BCUT2D eigenvalue weighted by molar-refractivity contribution is 0.397. The monoisotopic (exact) mass is 243 g/mol. The van der Waals surface area contributed by atoms with E-state index in [-0.39, 0.29) is 0 Å². The number of hydrogen-bond acceptors (Lipinski definition) is 2. The number of nitrogens with one attached hydrogen (secondary N) is 1. The van der Waals surface area contributed by atoms with Crippen molar-refractivity contribution >= 4 is 10.8 Å². The molecule has 2 saturated carbocycles. The van der Waals surface area contributed by atoms with Crippen molar-refractivity contribution in [3.05, 3.63) is 0 Å². The van der Waals surface area contributed by atoms with Gasteiger partial charge in [-0.15, -0.1) is 0 Å². The van der Waals surface area contributed by atoms with E-state index in [0.29, 0.717) is 11.3 Å². The quantitative estimate of drug-likeness (QED) is 0.822. The van der Waals surface area contributed by atoms with Crippen LogP contribution in [0.15, 0.2) is 0 Å². The highest BCUT2D eigenvalue weighted by atomic mass is 32.2. The Labute approximate surface area is 102 Å². The van der Waals surface area contributed by atoms with Crippen LogP contribution in [0.5, 0.6) is 0 Å². The molecule has 0 saturated heterocycles. The zero-order chi connectivity index (χ0) is 11.4. The van der Waals surface area contributed by atoms with Gasteiger partial charge in [0.25, 0.3) is 0 Å². The van der Waals surface area contributed by atoms with Crippen LogP contribution in [0.25, 0.3) is 0 Å². The molecule has 2 aliphatic carbocycles. The Kier molecular flexibility index (Phi) is 4.83. The van der Waals surface area contributed by atoms with Gasteiger partial charge in [-0.2, -0.15) is 0 Å². The minimum Gasteiger partial charge on any atom is -0.317 e. The van der Waals surface area contributed by atoms with Gasteiger partial charge in [0.15, 0.2) is 0 Å². The molecule has 3 atom stereocenters. The third kappa shape index (κ3) is 3.30. The van der Waals surface area contributed by atoms with Gasteiger partial charge in [0.1, 0.15) is 0 Å². The van der Waals surface area contributed by atoms with E-state index in [4.69, 9.17) is 0 Å². The first kappa shape index (κ1) is 12.6. The highest BCUT2D eigenvalue weighted by Gasteiger charge is 2.27. The maximum Gasteiger partial charge on any atom is 0.0362 e. The summed E-state index contributed by atoms with van der Waals surface area (Å²) < 4.78 is 12.3. The second-order valence-electron chi connectivity index (χ2n) is 5.47. The Morgan fingerprint density at radius 2 is 1.88 bits per heavy atom. The van der Waals surface area contributed by atoms with Crippen molar-refractivity contribution in [2.45, 2.75) is 62.7 Å². The Morgan fingerprint density at radius 1 is 1.12 bits per heavy atom. The molecule has 3 heteroatoms. The Hall–Kier alpha value is 0.110. The molecule has 2 aliphatic rings. The molecule has 0 radical (unpaired) electrons. The van der Waals surface area contributed by atoms with Gasteiger partial charge >= 0.3 is 0 Å². The first-order valence-electron chi connectivity index (χ1n) is 6.84. The lowest BCUT2D eigenvalue weighted by Gasteiger charge is -2.29. The highest BCUT2D eigenvalue weighted by molar-refractivity contribution is 7.85. The van der Waals surface area contributed by atoms with E-state index in [1.54, 1.807) is 0 Å². The summed E-state index contributed by atoms with van der Waals surface area (Å²) in [6, 6.07) is 0.617. The van der Waals surface area contributed by atoms with E-state index >= 15 is 0 Å². The zero-order valence-corrected chi connectivity index (χ0v) is 11.2. The molecule has 0 heterocycles. The fraction of sp³-hybridized carbons (Fsp3) is 1.00. The first-order chi connectivity index (χ1) is 7.79. The van der Waals surface area contributed by atoms with Crippen LogP contribution in [0.1, 0.15) is 51.4 Å². The minimum atomic E-state index is -0.559. The van der Waals surface area contributed by atoms with Crippen molar-refractivity contribution in [2.75, 3.05) is 12.8 Å². The van der Waals surface area contributed by atoms with Crippen molar-refractivity contribution in [3.8, 4) is 0 Å². The van der Waals surface area contributed by atoms with Gasteiger partial charge in [0, 0.05) is 27.8 Å². The lowest BCUT2D eigenvalue weighted by Crippen LogP contribution is -2.36. The van der Waals surface area contributed by atoms with Crippen molar-refractivity contribution in [1.82, 2.24) is 5.32 Å². The fourth-order valence-corrected chi connectivity index (χ4v) is 5.14. The minimum absolute atomic E-state index is 0.479.